The Hall–Kier alpha value is -1.50. The zero-order valence-electron chi connectivity index (χ0n) is 13.0. The second-order valence-electron chi connectivity index (χ2n) is 5.20. The Morgan fingerprint density at radius 1 is 1.30 bits per heavy atom. The Bertz CT molecular complexity index is 884. The molecule has 1 aromatic carbocycles. The fourth-order valence-corrected chi connectivity index (χ4v) is 4.00. The Morgan fingerprint density at radius 2 is 2.04 bits per heavy atom. The van der Waals surface area contributed by atoms with Crippen molar-refractivity contribution in [2.75, 3.05) is 13.7 Å². The number of nitrogens with one attached hydrogen (secondary N) is 1. The van der Waals surface area contributed by atoms with Crippen LogP contribution in [0.1, 0.15) is 17.6 Å². The minimum atomic E-state index is -0.0741. The highest BCUT2D eigenvalue weighted by Crippen LogP contribution is 2.36. The fourth-order valence-electron chi connectivity index (χ4n) is 2.59. The number of rotatable bonds is 5. The molecular weight excluding hydrogens is 376 g/mol. The number of H-pyrrole nitrogens is 1. The van der Waals surface area contributed by atoms with Gasteiger partial charge in [0.25, 0.3) is 5.56 Å². The van der Waals surface area contributed by atoms with Gasteiger partial charge in [-0.05, 0) is 24.1 Å². The average Bonchev–Trinajstić information content (AvgIpc) is 2.92. The largest absolute Gasteiger partial charge is 0.384 e. The number of thiophene rings is 1. The molecule has 1 N–H and O–H groups in total. The van der Waals surface area contributed by atoms with Gasteiger partial charge in [-0.25, -0.2) is 4.98 Å². The Morgan fingerprint density at radius 3 is 2.70 bits per heavy atom. The van der Waals surface area contributed by atoms with Gasteiger partial charge in [-0.3, -0.25) is 4.79 Å². The Kier molecular flexibility index (Phi) is 4.94. The quantitative estimate of drug-likeness (QED) is 0.708. The van der Waals surface area contributed by atoms with Gasteiger partial charge in [0.15, 0.2) is 0 Å². The smallest absolute Gasteiger partial charge is 0.260 e. The Labute approximate surface area is 146 Å². The zero-order valence-corrected chi connectivity index (χ0v) is 15.4. The van der Waals surface area contributed by atoms with E-state index < -0.39 is 0 Å². The van der Waals surface area contributed by atoms with E-state index in [-0.39, 0.29) is 5.56 Å². The van der Waals surface area contributed by atoms with Crippen LogP contribution in [-0.2, 0) is 17.6 Å². The first-order valence-corrected chi connectivity index (χ1v) is 9.04. The van der Waals surface area contributed by atoms with Crippen LogP contribution in [0.25, 0.3) is 21.3 Å². The first-order valence-electron chi connectivity index (χ1n) is 7.43. The summed E-state index contributed by atoms with van der Waals surface area (Å²) in [6.07, 6.45) is 1.48. The second kappa shape index (κ2) is 6.95. The van der Waals surface area contributed by atoms with E-state index in [1.165, 1.54) is 4.88 Å². The standard InChI is InChI=1S/C17H17BrN2O2S/c1-3-12-14(10-4-6-11(18)7-5-10)15-16(21)19-13(8-9-22-2)20-17(15)23-12/h4-7H,3,8-9H2,1-2H3,(H,19,20,21). The summed E-state index contributed by atoms with van der Waals surface area (Å²) in [5.74, 6) is 0.676. The van der Waals surface area contributed by atoms with E-state index in [0.717, 1.165) is 26.9 Å². The third kappa shape index (κ3) is 3.24. The van der Waals surface area contributed by atoms with Crippen molar-refractivity contribution in [1.29, 1.82) is 0 Å². The molecule has 0 saturated carbocycles. The predicted molar refractivity (Wildman–Crippen MR) is 98.3 cm³/mol. The minimum absolute atomic E-state index is 0.0741. The summed E-state index contributed by atoms with van der Waals surface area (Å²) in [7, 11) is 1.64. The molecule has 0 aliphatic carbocycles. The number of hydrogen-bond donors (Lipinski definition) is 1. The van der Waals surface area contributed by atoms with Crippen molar-refractivity contribution in [3.05, 3.63) is 49.8 Å². The van der Waals surface area contributed by atoms with Crippen LogP contribution >= 0.6 is 27.3 Å². The maximum Gasteiger partial charge on any atom is 0.260 e. The molecule has 0 atom stereocenters. The molecule has 0 aliphatic heterocycles. The molecule has 23 heavy (non-hydrogen) atoms. The van der Waals surface area contributed by atoms with Gasteiger partial charge in [0.05, 0.1) is 12.0 Å². The number of ether oxygens (including phenoxy) is 1. The summed E-state index contributed by atoms with van der Waals surface area (Å²) in [5.41, 5.74) is 1.98. The molecule has 0 bridgehead atoms. The summed E-state index contributed by atoms with van der Waals surface area (Å²) in [6, 6.07) is 8.05. The molecular formula is C17H17BrN2O2S. The number of halogens is 1. The normalized spacial score (nSPS) is 11.3. The van der Waals surface area contributed by atoms with Gasteiger partial charge in [-0.2, -0.15) is 0 Å². The van der Waals surface area contributed by atoms with Crippen molar-refractivity contribution in [3.63, 3.8) is 0 Å². The summed E-state index contributed by atoms with van der Waals surface area (Å²) < 4.78 is 6.09. The maximum absolute atomic E-state index is 12.6. The van der Waals surface area contributed by atoms with E-state index in [9.17, 15) is 4.79 Å². The van der Waals surface area contributed by atoms with Crippen LogP contribution in [0.15, 0.2) is 33.5 Å². The number of methoxy groups -OCH3 is 1. The number of aromatic amines is 1. The predicted octanol–water partition coefficient (Wildman–Crippen LogP) is 4.17. The highest BCUT2D eigenvalue weighted by Gasteiger charge is 2.17. The summed E-state index contributed by atoms with van der Waals surface area (Å²) >= 11 is 5.05. The van der Waals surface area contributed by atoms with Gasteiger partial charge in [-0.1, -0.05) is 35.0 Å². The lowest BCUT2D eigenvalue weighted by atomic mass is 10.0. The summed E-state index contributed by atoms with van der Waals surface area (Å²) in [6.45, 7) is 2.65. The SMILES string of the molecule is CCc1sc2nc(CCOC)[nH]c(=O)c2c1-c1ccc(Br)cc1. The first-order chi connectivity index (χ1) is 11.1. The van der Waals surface area contributed by atoms with E-state index in [1.807, 2.05) is 24.3 Å². The second-order valence-corrected chi connectivity index (χ2v) is 7.20. The highest BCUT2D eigenvalue weighted by atomic mass is 79.9. The van der Waals surface area contributed by atoms with Crippen molar-refractivity contribution in [3.8, 4) is 11.1 Å². The monoisotopic (exact) mass is 392 g/mol. The number of fused-ring (bicyclic) bond motifs is 1. The maximum atomic E-state index is 12.6. The van der Waals surface area contributed by atoms with Crippen molar-refractivity contribution in [2.45, 2.75) is 19.8 Å². The molecule has 6 heteroatoms. The van der Waals surface area contributed by atoms with Crippen molar-refractivity contribution >= 4 is 37.5 Å². The van der Waals surface area contributed by atoms with Gasteiger partial charge in [0, 0.05) is 28.4 Å². The molecule has 3 aromatic rings. The molecule has 0 fully saturated rings. The van der Waals surface area contributed by atoms with Gasteiger partial charge >= 0.3 is 0 Å². The van der Waals surface area contributed by atoms with Crippen LogP contribution in [0.3, 0.4) is 0 Å². The van der Waals surface area contributed by atoms with E-state index in [1.54, 1.807) is 18.4 Å². The molecule has 120 valence electrons. The molecule has 2 aromatic heterocycles. The third-order valence-electron chi connectivity index (χ3n) is 3.68. The van der Waals surface area contributed by atoms with Crippen molar-refractivity contribution in [1.82, 2.24) is 9.97 Å². The molecule has 0 amide bonds. The molecule has 0 aliphatic rings. The van der Waals surface area contributed by atoms with E-state index >= 15 is 0 Å². The van der Waals surface area contributed by atoms with Crippen LogP contribution < -0.4 is 5.56 Å². The molecule has 0 spiro atoms. The molecule has 2 heterocycles. The lowest BCUT2D eigenvalue weighted by Crippen LogP contribution is -2.12. The molecule has 0 saturated heterocycles. The van der Waals surface area contributed by atoms with Crippen molar-refractivity contribution in [2.24, 2.45) is 0 Å². The number of aryl methyl sites for hydroxylation is 1. The van der Waals surface area contributed by atoms with E-state index in [2.05, 4.69) is 32.8 Å². The van der Waals surface area contributed by atoms with E-state index in [4.69, 9.17) is 4.74 Å². The van der Waals surface area contributed by atoms with Gasteiger partial charge in [0.1, 0.15) is 10.7 Å². The topological polar surface area (TPSA) is 55.0 Å². The van der Waals surface area contributed by atoms with Crippen molar-refractivity contribution < 1.29 is 4.74 Å². The minimum Gasteiger partial charge on any atom is -0.384 e. The van der Waals surface area contributed by atoms with Gasteiger partial charge in [0.2, 0.25) is 0 Å². The number of benzene rings is 1. The van der Waals surface area contributed by atoms with Crippen LogP contribution in [0.5, 0.6) is 0 Å². The average molecular weight is 393 g/mol. The van der Waals surface area contributed by atoms with E-state index in [0.29, 0.717) is 24.2 Å². The molecule has 0 radical (unpaired) electrons. The van der Waals surface area contributed by atoms with Gasteiger partial charge in [-0.15, -0.1) is 11.3 Å². The highest BCUT2D eigenvalue weighted by molar-refractivity contribution is 9.10. The molecule has 3 rings (SSSR count). The Balaban J connectivity index is 2.20. The third-order valence-corrected chi connectivity index (χ3v) is 5.44. The van der Waals surface area contributed by atoms with Crippen LogP contribution in [0.2, 0.25) is 0 Å². The van der Waals surface area contributed by atoms with Crippen LogP contribution in [0.4, 0.5) is 0 Å². The lowest BCUT2D eigenvalue weighted by molar-refractivity contribution is 0.200. The number of aromatic nitrogens is 2. The van der Waals surface area contributed by atoms with Crippen LogP contribution in [0, 0.1) is 0 Å². The van der Waals surface area contributed by atoms with Gasteiger partial charge < -0.3 is 9.72 Å². The lowest BCUT2D eigenvalue weighted by Gasteiger charge is -2.04. The fraction of sp³-hybridized carbons (Fsp3) is 0.294. The first kappa shape index (κ1) is 16.4. The zero-order chi connectivity index (χ0) is 16.4. The molecule has 4 nitrogen and oxygen atoms in total. The summed E-state index contributed by atoms with van der Waals surface area (Å²) in [5, 5.41) is 0.690. The summed E-state index contributed by atoms with van der Waals surface area (Å²) in [4.78, 5) is 22.1. The molecule has 0 unspecified atom stereocenters. The van der Waals surface area contributed by atoms with Crippen LogP contribution in [-0.4, -0.2) is 23.7 Å². The number of nitrogens with zero attached hydrogens (tertiary/aromatic N) is 1. The number of hydrogen-bond acceptors (Lipinski definition) is 4.